The van der Waals surface area contributed by atoms with E-state index in [4.69, 9.17) is 10.8 Å². The smallest absolute Gasteiger partial charge is 0.153 e. The molecule has 94 valence electrons. The molecule has 1 fully saturated rings. The molecular formula is C13H21N3S. The van der Waals surface area contributed by atoms with Crippen molar-refractivity contribution in [1.82, 2.24) is 5.43 Å². The summed E-state index contributed by atoms with van der Waals surface area (Å²) in [7, 11) is 0. The number of rotatable bonds is 3. The van der Waals surface area contributed by atoms with E-state index in [1.165, 1.54) is 37.0 Å². The number of nitrogens with zero attached hydrogens (tertiary/aromatic N) is 1. The molecular weight excluding hydrogens is 230 g/mol. The molecule has 4 heteroatoms. The minimum atomic E-state index is 0.460. The van der Waals surface area contributed by atoms with Crippen LogP contribution in [0.1, 0.15) is 48.8 Å². The molecule has 0 saturated heterocycles. The maximum Gasteiger partial charge on any atom is 0.153 e. The van der Waals surface area contributed by atoms with Crippen molar-refractivity contribution in [2.45, 2.75) is 51.5 Å². The van der Waals surface area contributed by atoms with Gasteiger partial charge in [-0.05, 0) is 31.4 Å². The summed E-state index contributed by atoms with van der Waals surface area (Å²) < 4.78 is 0. The highest BCUT2D eigenvalue weighted by Crippen LogP contribution is 2.22. The highest BCUT2D eigenvalue weighted by molar-refractivity contribution is 7.14. The number of thiophene rings is 1. The van der Waals surface area contributed by atoms with Crippen LogP contribution in [0.5, 0.6) is 0 Å². The topological polar surface area (TPSA) is 50.4 Å². The first kappa shape index (κ1) is 12.6. The van der Waals surface area contributed by atoms with Crippen molar-refractivity contribution in [3.63, 3.8) is 0 Å². The lowest BCUT2D eigenvalue weighted by Crippen LogP contribution is -2.32. The van der Waals surface area contributed by atoms with Crippen LogP contribution in [0.25, 0.3) is 0 Å². The van der Waals surface area contributed by atoms with E-state index >= 15 is 0 Å². The zero-order chi connectivity index (χ0) is 12.1. The van der Waals surface area contributed by atoms with Crippen molar-refractivity contribution in [1.29, 1.82) is 0 Å². The fourth-order valence-electron chi connectivity index (χ4n) is 2.26. The highest BCUT2D eigenvalue weighted by Gasteiger charge is 2.14. The van der Waals surface area contributed by atoms with Gasteiger partial charge in [-0.2, -0.15) is 0 Å². The summed E-state index contributed by atoms with van der Waals surface area (Å²) in [6.45, 7) is 2.17. The van der Waals surface area contributed by atoms with Gasteiger partial charge < -0.3 is 5.43 Å². The number of hydrogen-bond donors (Lipinski definition) is 2. The standard InChI is InChI=1S/C13H21N3S/c1-2-11-8-9-12(17-11)13(16-14)15-10-6-4-3-5-7-10/h8-10H,2-7,14H2,1H3,(H,15,16). The third kappa shape index (κ3) is 3.30. The van der Waals surface area contributed by atoms with Crippen LogP contribution in [-0.4, -0.2) is 11.9 Å². The van der Waals surface area contributed by atoms with Gasteiger partial charge in [0.25, 0.3) is 0 Å². The van der Waals surface area contributed by atoms with Crippen LogP contribution in [0.2, 0.25) is 0 Å². The van der Waals surface area contributed by atoms with Gasteiger partial charge in [-0.15, -0.1) is 11.3 Å². The molecule has 3 N–H and O–H groups in total. The molecule has 1 aliphatic carbocycles. The van der Waals surface area contributed by atoms with Crippen molar-refractivity contribution >= 4 is 17.2 Å². The van der Waals surface area contributed by atoms with Crippen molar-refractivity contribution in [2.24, 2.45) is 10.8 Å². The highest BCUT2D eigenvalue weighted by atomic mass is 32.1. The Kier molecular flexibility index (Phi) is 4.57. The molecule has 1 aromatic heterocycles. The fraction of sp³-hybridized carbons (Fsp3) is 0.615. The monoisotopic (exact) mass is 251 g/mol. The molecule has 1 saturated carbocycles. The quantitative estimate of drug-likeness (QED) is 0.375. The normalized spacial score (nSPS) is 18.4. The van der Waals surface area contributed by atoms with Gasteiger partial charge in [-0.3, -0.25) is 4.99 Å². The average molecular weight is 251 g/mol. The van der Waals surface area contributed by atoms with Crippen LogP contribution in [0.15, 0.2) is 17.1 Å². The van der Waals surface area contributed by atoms with Crippen molar-refractivity contribution in [3.05, 3.63) is 21.9 Å². The molecule has 1 aromatic rings. The minimum absolute atomic E-state index is 0.460. The molecule has 0 unspecified atom stereocenters. The maximum atomic E-state index is 5.60. The predicted molar refractivity (Wildman–Crippen MR) is 74.4 cm³/mol. The molecule has 0 radical (unpaired) electrons. The first-order chi connectivity index (χ1) is 8.33. The average Bonchev–Trinajstić information content (AvgIpc) is 2.86. The van der Waals surface area contributed by atoms with Gasteiger partial charge in [0.2, 0.25) is 0 Å². The maximum absolute atomic E-state index is 5.60. The molecule has 0 spiro atoms. The summed E-state index contributed by atoms with van der Waals surface area (Å²) in [5, 5.41) is 0. The number of amidine groups is 1. The number of hydrazine groups is 1. The molecule has 0 amide bonds. The summed E-state index contributed by atoms with van der Waals surface area (Å²) >= 11 is 1.78. The summed E-state index contributed by atoms with van der Waals surface area (Å²) in [4.78, 5) is 7.31. The van der Waals surface area contributed by atoms with Gasteiger partial charge in [0.15, 0.2) is 5.84 Å². The van der Waals surface area contributed by atoms with Crippen LogP contribution >= 0.6 is 11.3 Å². The third-order valence-corrected chi connectivity index (χ3v) is 4.50. The van der Waals surface area contributed by atoms with E-state index in [1.807, 2.05) is 0 Å². The Morgan fingerprint density at radius 1 is 1.41 bits per heavy atom. The Morgan fingerprint density at radius 2 is 2.18 bits per heavy atom. The van der Waals surface area contributed by atoms with Crippen molar-refractivity contribution in [3.8, 4) is 0 Å². The minimum Gasteiger partial charge on any atom is -0.308 e. The molecule has 3 nitrogen and oxygen atoms in total. The Hall–Kier alpha value is -0.870. The molecule has 0 bridgehead atoms. The Bertz CT molecular complexity index is 378. The van der Waals surface area contributed by atoms with Gasteiger partial charge >= 0.3 is 0 Å². The zero-order valence-corrected chi connectivity index (χ0v) is 11.2. The van der Waals surface area contributed by atoms with Crippen LogP contribution in [-0.2, 0) is 6.42 Å². The van der Waals surface area contributed by atoms with E-state index in [0.717, 1.165) is 17.1 Å². The first-order valence-corrected chi connectivity index (χ1v) is 7.28. The van der Waals surface area contributed by atoms with Gasteiger partial charge in [-0.1, -0.05) is 26.2 Å². The molecule has 1 aliphatic rings. The summed E-state index contributed by atoms with van der Waals surface area (Å²) in [6, 6.07) is 4.74. The lowest BCUT2D eigenvalue weighted by molar-refractivity contribution is 0.442. The molecule has 2 rings (SSSR count). The number of nitrogens with two attached hydrogens (primary N) is 1. The van der Waals surface area contributed by atoms with Crippen LogP contribution in [0, 0.1) is 0 Å². The van der Waals surface area contributed by atoms with Gasteiger partial charge in [-0.25, -0.2) is 5.84 Å². The molecule has 1 heterocycles. The summed E-state index contributed by atoms with van der Waals surface area (Å²) in [6.07, 6.45) is 7.45. The summed E-state index contributed by atoms with van der Waals surface area (Å²) in [5.74, 6) is 6.46. The Labute approximate surface area is 107 Å². The second-order valence-electron chi connectivity index (χ2n) is 4.53. The van der Waals surface area contributed by atoms with E-state index < -0.39 is 0 Å². The zero-order valence-electron chi connectivity index (χ0n) is 10.4. The lowest BCUT2D eigenvalue weighted by Gasteiger charge is -2.18. The van der Waals surface area contributed by atoms with E-state index in [9.17, 15) is 0 Å². The number of aryl methyl sites for hydroxylation is 1. The molecule has 0 aromatic carbocycles. The van der Waals surface area contributed by atoms with Gasteiger partial charge in [0, 0.05) is 4.88 Å². The van der Waals surface area contributed by atoms with Crippen molar-refractivity contribution in [2.75, 3.05) is 0 Å². The largest absolute Gasteiger partial charge is 0.308 e. The Balaban J connectivity index is 2.11. The number of nitrogens with one attached hydrogen (secondary N) is 1. The van der Waals surface area contributed by atoms with E-state index in [0.29, 0.717) is 6.04 Å². The van der Waals surface area contributed by atoms with Crippen LogP contribution in [0.4, 0.5) is 0 Å². The van der Waals surface area contributed by atoms with Crippen molar-refractivity contribution < 1.29 is 0 Å². The van der Waals surface area contributed by atoms with E-state index in [-0.39, 0.29) is 0 Å². The number of hydrogen-bond acceptors (Lipinski definition) is 3. The first-order valence-electron chi connectivity index (χ1n) is 6.47. The lowest BCUT2D eigenvalue weighted by atomic mass is 9.96. The second kappa shape index (κ2) is 6.17. The SMILES string of the molecule is CCc1ccc(C(=NC2CCCCC2)NN)s1. The molecule has 17 heavy (non-hydrogen) atoms. The number of aliphatic imine (C=N–C) groups is 1. The Morgan fingerprint density at radius 3 is 2.76 bits per heavy atom. The predicted octanol–water partition coefficient (Wildman–Crippen LogP) is 2.85. The fourth-order valence-corrected chi connectivity index (χ4v) is 3.17. The van der Waals surface area contributed by atoms with Crippen LogP contribution < -0.4 is 11.3 Å². The van der Waals surface area contributed by atoms with Crippen LogP contribution in [0.3, 0.4) is 0 Å². The van der Waals surface area contributed by atoms with E-state index in [2.05, 4.69) is 24.5 Å². The van der Waals surface area contributed by atoms with Gasteiger partial charge in [0.1, 0.15) is 0 Å². The second-order valence-corrected chi connectivity index (χ2v) is 5.70. The third-order valence-electron chi connectivity index (χ3n) is 3.27. The van der Waals surface area contributed by atoms with E-state index in [1.54, 1.807) is 11.3 Å². The summed E-state index contributed by atoms with van der Waals surface area (Å²) in [5.41, 5.74) is 2.76. The molecule has 0 atom stereocenters. The molecule has 0 aliphatic heterocycles. The van der Waals surface area contributed by atoms with Gasteiger partial charge in [0.05, 0.1) is 10.9 Å².